The van der Waals surface area contributed by atoms with Gasteiger partial charge in [-0.15, -0.1) is 0 Å². The number of phenols is 1. The molecule has 2 aromatic carbocycles. The fourth-order valence-electron chi connectivity index (χ4n) is 4.01. The molecule has 1 aliphatic rings. The van der Waals surface area contributed by atoms with Crippen LogP contribution in [-0.4, -0.2) is 36.8 Å². The molecule has 1 fully saturated rings. The lowest BCUT2D eigenvalue weighted by molar-refractivity contribution is 0.306. The summed E-state index contributed by atoms with van der Waals surface area (Å²) in [5.74, 6) is 0.771. The summed E-state index contributed by atoms with van der Waals surface area (Å²) in [6.45, 7) is 2.57. The van der Waals surface area contributed by atoms with E-state index in [-0.39, 0.29) is 5.82 Å². The molecule has 0 radical (unpaired) electrons. The van der Waals surface area contributed by atoms with Gasteiger partial charge < -0.3 is 20.1 Å². The molecule has 160 valence electrons. The second-order valence-corrected chi connectivity index (χ2v) is 8.68. The fraction of sp³-hybridized carbons (Fsp3) is 0.435. The largest absolute Gasteiger partial charge is 0.508 e. The second-order valence-electron chi connectivity index (χ2n) is 7.65. The number of piperidine rings is 1. The lowest BCUT2D eigenvalue weighted by atomic mass is 10.0. The van der Waals surface area contributed by atoms with Crippen LogP contribution >= 0.6 is 11.3 Å². The summed E-state index contributed by atoms with van der Waals surface area (Å²) in [4.78, 5) is 7.20. The number of unbranched alkanes of at least 4 members (excludes halogenated alkanes) is 1. The molecule has 0 bridgehead atoms. The number of aromatic nitrogens is 1. The van der Waals surface area contributed by atoms with E-state index < -0.39 is 0 Å². The second kappa shape index (κ2) is 9.51. The predicted molar refractivity (Wildman–Crippen MR) is 122 cm³/mol. The highest BCUT2D eigenvalue weighted by Gasteiger charge is 2.22. The van der Waals surface area contributed by atoms with E-state index in [9.17, 15) is 9.50 Å². The molecular formula is C23H28FN3O2S. The molecule has 2 heterocycles. The predicted octanol–water partition coefficient (Wildman–Crippen LogP) is 5.57. The zero-order valence-corrected chi connectivity index (χ0v) is 18.1. The van der Waals surface area contributed by atoms with E-state index in [0.717, 1.165) is 59.0 Å². The third-order valence-electron chi connectivity index (χ3n) is 5.53. The van der Waals surface area contributed by atoms with Crippen LogP contribution in [-0.2, 0) is 6.42 Å². The number of fused-ring (bicyclic) bond motifs is 1. The molecular weight excluding hydrogens is 401 g/mol. The van der Waals surface area contributed by atoms with Crippen molar-refractivity contribution in [2.75, 3.05) is 37.0 Å². The van der Waals surface area contributed by atoms with Crippen LogP contribution in [0.15, 0.2) is 30.3 Å². The topological polar surface area (TPSA) is 57.6 Å². The number of rotatable bonds is 8. The SMILES string of the molecule is CNc1nc2c(N3CCCCC3)c(CCCCOc3ccc(F)cc3)c(O)cc2s1. The van der Waals surface area contributed by atoms with Crippen LogP contribution in [0, 0.1) is 5.82 Å². The highest BCUT2D eigenvalue weighted by Crippen LogP contribution is 2.42. The number of anilines is 2. The van der Waals surface area contributed by atoms with Crippen molar-refractivity contribution in [2.24, 2.45) is 0 Å². The molecule has 0 saturated carbocycles. The molecule has 4 rings (SSSR count). The summed E-state index contributed by atoms with van der Waals surface area (Å²) in [7, 11) is 1.88. The molecule has 1 aromatic heterocycles. The van der Waals surface area contributed by atoms with Gasteiger partial charge in [0.1, 0.15) is 22.8 Å². The highest BCUT2D eigenvalue weighted by molar-refractivity contribution is 7.22. The van der Waals surface area contributed by atoms with Crippen molar-refractivity contribution in [2.45, 2.75) is 38.5 Å². The monoisotopic (exact) mass is 429 g/mol. The fourth-order valence-corrected chi connectivity index (χ4v) is 4.87. The van der Waals surface area contributed by atoms with Gasteiger partial charge in [-0.1, -0.05) is 11.3 Å². The summed E-state index contributed by atoms with van der Waals surface area (Å²) in [5.41, 5.74) is 3.07. The number of benzene rings is 2. The van der Waals surface area contributed by atoms with E-state index >= 15 is 0 Å². The van der Waals surface area contributed by atoms with Crippen molar-refractivity contribution in [3.63, 3.8) is 0 Å². The summed E-state index contributed by atoms with van der Waals surface area (Å²) in [5, 5.41) is 14.8. The number of ether oxygens (including phenoxy) is 1. The van der Waals surface area contributed by atoms with Gasteiger partial charge in [-0.2, -0.15) is 0 Å². The van der Waals surface area contributed by atoms with E-state index in [4.69, 9.17) is 9.72 Å². The number of nitrogens with one attached hydrogen (secondary N) is 1. The standard InChI is InChI=1S/C23H28FN3O2S/c1-25-23-26-21-20(30-23)15-19(28)18(22(21)27-12-4-2-5-13-27)7-3-6-14-29-17-10-8-16(24)9-11-17/h8-11,15,28H,2-7,12-14H2,1H3,(H,25,26). The maximum atomic E-state index is 13.0. The minimum absolute atomic E-state index is 0.262. The van der Waals surface area contributed by atoms with Crippen LogP contribution in [0.25, 0.3) is 10.2 Å². The van der Waals surface area contributed by atoms with E-state index in [0.29, 0.717) is 18.1 Å². The van der Waals surface area contributed by atoms with Crippen LogP contribution in [0.5, 0.6) is 11.5 Å². The van der Waals surface area contributed by atoms with E-state index in [1.54, 1.807) is 23.5 Å². The van der Waals surface area contributed by atoms with Gasteiger partial charge in [0.2, 0.25) is 0 Å². The Bertz CT molecular complexity index is 984. The van der Waals surface area contributed by atoms with Gasteiger partial charge in [-0.3, -0.25) is 0 Å². The normalized spacial score (nSPS) is 14.3. The zero-order chi connectivity index (χ0) is 20.9. The van der Waals surface area contributed by atoms with Crippen LogP contribution < -0.4 is 15.0 Å². The third-order valence-corrected chi connectivity index (χ3v) is 6.55. The van der Waals surface area contributed by atoms with Gasteiger partial charge >= 0.3 is 0 Å². The number of aromatic hydroxyl groups is 1. The summed E-state index contributed by atoms with van der Waals surface area (Å²) in [6.07, 6.45) is 6.12. The van der Waals surface area contributed by atoms with Gasteiger partial charge in [0.05, 0.1) is 17.0 Å². The first-order chi connectivity index (χ1) is 14.7. The van der Waals surface area contributed by atoms with Gasteiger partial charge in [0.15, 0.2) is 5.13 Å². The Hall–Kier alpha value is -2.54. The molecule has 30 heavy (non-hydrogen) atoms. The highest BCUT2D eigenvalue weighted by atomic mass is 32.1. The molecule has 1 aliphatic heterocycles. The lowest BCUT2D eigenvalue weighted by Gasteiger charge is -2.31. The zero-order valence-electron chi connectivity index (χ0n) is 17.3. The quantitative estimate of drug-likeness (QED) is 0.458. The molecule has 3 aromatic rings. The number of thiazole rings is 1. The Morgan fingerprint density at radius 3 is 2.67 bits per heavy atom. The first-order valence-corrected chi connectivity index (χ1v) is 11.4. The Kier molecular flexibility index (Phi) is 6.57. The minimum atomic E-state index is -0.262. The molecule has 0 unspecified atom stereocenters. The molecule has 0 amide bonds. The van der Waals surface area contributed by atoms with E-state index in [1.165, 1.54) is 31.4 Å². The van der Waals surface area contributed by atoms with Gasteiger partial charge in [0.25, 0.3) is 0 Å². The summed E-state index contributed by atoms with van der Waals surface area (Å²) >= 11 is 1.57. The lowest BCUT2D eigenvalue weighted by Crippen LogP contribution is -2.30. The number of hydrogen-bond donors (Lipinski definition) is 2. The number of phenolic OH excluding ortho intramolecular Hbond substituents is 1. The Morgan fingerprint density at radius 2 is 1.93 bits per heavy atom. The third kappa shape index (κ3) is 4.61. The molecule has 5 nitrogen and oxygen atoms in total. The Balaban J connectivity index is 1.49. The van der Waals surface area contributed by atoms with Crippen molar-refractivity contribution in [3.8, 4) is 11.5 Å². The smallest absolute Gasteiger partial charge is 0.183 e. The molecule has 2 N–H and O–H groups in total. The molecule has 1 saturated heterocycles. The van der Waals surface area contributed by atoms with Crippen molar-refractivity contribution in [1.82, 2.24) is 4.98 Å². The van der Waals surface area contributed by atoms with Crippen molar-refractivity contribution >= 4 is 32.4 Å². The van der Waals surface area contributed by atoms with E-state index in [2.05, 4.69) is 10.2 Å². The van der Waals surface area contributed by atoms with Crippen LogP contribution in [0.1, 0.15) is 37.7 Å². The summed E-state index contributed by atoms with van der Waals surface area (Å²) < 4.78 is 19.7. The minimum Gasteiger partial charge on any atom is -0.508 e. The number of halogens is 1. The maximum absolute atomic E-state index is 13.0. The van der Waals surface area contributed by atoms with Gasteiger partial charge in [0, 0.05) is 25.7 Å². The average Bonchev–Trinajstić information content (AvgIpc) is 3.18. The van der Waals surface area contributed by atoms with Crippen LogP contribution in [0.2, 0.25) is 0 Å². The summed E-state index contributed by atoms with van der Waals surface area (Å²) in [6, 6.07) is 7.95. The first-order valence-electron chi connectivity index (χ1n) is 10.6. The van der Waals surface area contributed by atoms with Crippen molar-refractivity contribution < 1.29 is 14.2 Å². The maximum Gasteiger partial charge on any atom is 0.183 e. The first kappa shape index (κ1) is 20.7. The van der Waals surface area contributed by atoms with Crippen LogP contribution in [0.4, 0.5) is 15.2 Å². The van der Waals surface area contributed by atoms with Crippen molar-refractivity contribution in [1.29, 1.82) is 0 Å². The number of hydrogen-bond acceptors (Lipinski definition) is 6. The van der Waals surface area contributed by atoms with Gasteiger partial charge in [-0.05, 0) is 68.9 Å². The van der Waals surface area contributed by atoms with E-state index in [1.807, 2.05) is 13.1 Å². The number of nitrogens with zero attached hydrogens (tertiary/aromatic N) is 2. The average molecular weight is 430 g/mol. The molecule has 0 aliphatic carbocycles. The molecule has 7 heteroatoms. The Morgan fingerprint density at radius 1 is 1.17 bits per heavy atom. The van der Waals surface area contributed by atoms with Crippen molar-refractivity contribution in [3.05, 3.63) is 41.7 Å². The molecule has 0 spiro atoms. The molecule has 0 atom stereocenters. The van der Waals surface area contributed by atoms with Crippen LogP contribution in [0.3, 0.4) is 0 Å². The Labute approximate surface area is 180 Å². The van der Waals surface area contributed by atoms with Gasteiger partial charge in [-0.25, -0.2) is 9.37 Å².